The molecular weight excluding hydrogens is 294 g/mol. The van der Waals surface area contributed by atoms with Crippen molar-refractivity contribution in [3.8, 4) is 0 Å². The predicted molar refractivity (Wildman–Crippen MR) is 84.9 cm³/mol. The zero-order valence-electron chi connectivity index (χ0n) is 12.6. The van der Waals surface area contributed by atoms with Crippen molar-refractivity contribution < 1.29 is 8.42 Å². The molecule has 1 rings (SSSR count). The monoisotopic (exact) mass is 319 g/mol. The fourth-order valence-corrected chi connectivity index (χ4v) is 4.03. The maximum absolute atomic E-state index is 12.2. The minimum atomic E-state index is -3.38. The van der Waals surface area contributed by atoms with Gasteiger partial charge in [-0.3, -0.25) is 0 Å². The highest BCUT2D eigenvalue weighted by molar-refractivity contribution is 7.91. The highest BCUT2D eigenvalue weighted by atomic mass is 32.2. The van der Waals surface area contributed by atoms with E-state index in [4.69, 9.17) is 0 Å². The summed E-state index contributed by atoms with van der Waals surface area (Å²) in [5.41, 5.74) is 0. The van der Waals surface area contributed by atoms with E-state index in [0.717, 1.165) is 24.4 Å². The van der Waals surface area contributed by atoms with Crippen LogP contribution in [0.4, 0.5) is 0 Å². The van der Waals surface area contributed by atoms with Gasteiger partial charge in [-0.1, -0.05) is 6.92 Å². The first-order valence-corrected chi connectivity index (χ1v) is 9.12. The fourth-order valence-electron chi connectivity index (χ4n) is 1.51. The lowest BCUT2D eigenvalue weighted by Gasteiger charge is -2.19. The van der Waals surface area contributed by atoms with Gasteiger partial charge in [-0.05, 0) is 52.7 Å². The third-order valence-corrected chi connectivity index (χ3v) is 6.21. The number of nitrogens with zero attached hydrogens (tertiary/aromatic N) is 1. The second-order valence-electron chi connectivity index (χ2n) is 4.99. The molecule has 0 aromatic carbocycles. The molecule has 0 aliphatic heterocycles. The number of hydrogen-bond donors (Lipinski definition) is 2. The molecule has 2 N–H and O–H groups in total. The van der Waals surface area contributed by atoms with Crippen LogP contribution < -0.4 is 10.0 Å². The second-order valence-corrected chi connectivity index (χ2v) is 8.15. The Hall–Kier alpha value is -0.470. The van der Waals surface area contributed by atoms with Crippen LogP contribution in [0.1, 0.15) is 18.7 Å². The Bertz CT molecular complexity index is 497. The number of nitrogens with one attached hydrogen (secondary N) is 2. The molecule has 0 saturated carbocycles. The van der Waals surface area contributed by atoms with Gasteiger partial charge >= 0.3 is 0 Å². The molecule has 1 aromatic rings. The third kappa shape index (κ3) is 5.49. The molecule has 0 bridgehead atoms. The first-order valence-electron chi connectivity index (χ1n) is 6.82. The molecule has 0 amide bonds. The molecule has 5 nitrogen and oxygen atoms in total. The number of likely N-dealkylation sites (N-methyl/N-ethyl adjacent to an activating group) is 2. The van der Waals surface area contributed by atoms with Crippen molar-refractivity contribution in [1.82, 2.24) is 14.9 Å². The Morgan fingerprint density at radius 2 is 2.05 bits per heavy atom. The highest BCUT2D eigenvalue weighted by Gasteiger charge is 2.18. The molecule has 116 valence electrons. The van der Waals surface area contributed by atoms with Crippen LogP contribution in [0, 0.1) is 0 Å². The smallest absolute Gasteiger partial charge is 0.250 e. The largest absolute Gasteiger partial charge is 0.317 e. The van der Waals surface area contributed by atoms with Crippen LogP contribution in [0.5, 0.6) is 0 Å². The summed E-state index contributed by atoms with van der Waals surface area (Å²) in [6, 6.07) is 3.75. The van der Waals surface area contributed by atoms with Gasteiger partial charge < -0.3 is 10.2 Å². The molecule has 1 atom stereocenters. The topological polar surface area (TPSA) is 61.4 Å². The summed E-state index contributed by atoms with van der Waals surface area (Å²) in [7, 11) is 0.490. The summed E-state index contributed by atoms with van der Waals surface area (Å²) >= 11 is 1.35. The van der Waals surface area contributed by atoms with Gasteiger partial charge in [0.2, 0.25) is 10.0 Å². The van der Waals surface area contributed by atoms with Gasteiger partial charge in [0, 0.05) is 17.5 Å². The number of thiophene rings is 1. The Morgan fingerprint density at radius 3 is 2.65 bits per heavy atom. The maximum Gasteiger partial charge on any atom is 0.250 e. The average Bonchev–Trinajstić information content (AvgIpc) is 2.86. The number of sulfonamides is 1. The zero-order valence-corrected chi connectivity index (χ0v) is 14.3. The standard InChI is InChI=1S/C13H25N3O2S2/c1-5-14-9-8-12-6-7-13(19-12)20(17,18)15-10-11(2)16(3)4/h6-7,11,14-15H,5,8-10H2,1-4H3. The first kappa shape index (κ1) is 17.6. The van der Waals surface area contributed by atoms with Crippen molar-refractivity contribution in [1.29, 1.82) is 0 Å². The molecule has 0 spiro atoms. The van der Waals surface area contributed by atoms with E-state index in [0.29, 0.717) is 10.8 Å². The van der Waals surface area contributed by atoms with E-state index in [1.54, 1.807) is 6.07 Å². The Balaban J connectivity index is 2.59. The molecule has 0 radical (unpaired) electrons. The van der Waals surface area contributed by atoms with Crippen LogP contribution in [0.3, 0.4) is 0 Å². The lowest BCUT2D eigenvalue weighted by molar-refractivity contribution is 0.314. The van der Waals surface area contributed by atoms with E-state index < -0.39 is 10.0 Å². The van der Waals surface area contributed by atoms with Crippen LogP contribution in [-0.4, -0.2) is 53.1 Å². The molecule has 0 saturated heterocycles. The SMILES string of the molecule is CCNCCc1ccc(S(=O)(=O)NCC(C)N(C)C)s1. The van der Waals surface area contributed by atoms with Gasteiger partial charge in [0.25, 0.3) is 0 Å². The van der Waals surface area contributed by atoms with Gasteiger partial charge in [0.1, 0.15) is 4.21 Å². The van der Waals surface area contributed by atoms with E-state index in [1.807, 2.05) is 32.0 Å². The average molecular weight is 319 g/mol. The zero-order chi connectivity index (χ0) is 15.2. The van der Waals surface area contributed by atoms with Gasteiger partial charge in [0.05, 0.1) is 0 Å². The normalized spacial score (nSPS) is 13.8. The van der Waals surface area contributed by atoms with Crippen LogP contribution >= 0.6 is 11.3 Å². The molecule has 0 aliphatic carbocycles. The number of hydrogen-bond acceptors (Lipinski definition) is 5. The summed E-state index contributed by atoms with van der Waals surface area (Å²) in [6.07, 6.45) is 0.863. The lowest BCUT2D eigenvalue weighted by atomic mass is 10.3. The molecule has 20 heavy (non-hydrogen) atoms. The van der Waals surface area contributed by atoms with Crippen molar-refractivity contribution in [3.05, 3.63) is 17.0 Å². The number of rotatable bonds is 9. The molecular formula is C13H25N3O2S2. The van der Waals surface area contributed by atoms with Gasteiger partial charge in [-0.2, -0.15) is 0 Å². The van der Waals surface area contributed by atoms with Gasteiger partial charge in [-0.15, -0.1) is 11.3 Å². The van der Waals surface area contributed by atoms with Crippen LogP contribution in [0.2, 0.25) is 0 Å². The van der Waals surface area contributed by atoms with Crippen molar-refractivity contribution in [3.63, 3.8) is 0 Å². The summed E-state index contributed by atoms with van der Waals surface area (Å²) in [5.74, 6) is 0. The van der Waals surface area contributed by atoms with Crippen molar-refractivity contribution >= 4 is 21.4 Å². The van der Waals surface area contributed by atoms with Gasteiger partial charge in [-0.25, -0.2) is 13.1 Å². The summed E-state index contributed by atoms with van der Waals surface area (Å²) < 4.78 is 27.4. The van der Waals surface area contributed by atoms with E-state index >= 15 is 0 Å². The molecule has 0 aliphatic rings. The fraction of sp³-hybridized carbons (Fsp3) is 0.692. The van der Waals surface area contributed by atoms with Crippen LogP contribution in [0.15, 0.2) is 16.3 Å². The molecule has 1 aromatic heterocycles. The maximum atomic E-state index is 12.2. The summed E-state index contributed by atoms with van der Waals surface area (Å²) in [4.78, 5) is 3.07. The Morgan fingerprint density at radius 1 is 1.35 bits per heavy atom. The molecule has 0 fully saturated rings. The minimum Gasteiger partial charge on any atom is -0.317 e. The second kappa shape index (κ2) is 8.09. The summed E-state index contributed by atoms with van der Waals surface area (Å²) in [5, 5.41) is 3.23. The van der Waals surface area contributed by atoms with Crippen LogP contribution in [-0.2, 0) is 16.4 Å². The Labute approximate surface area is 126 Å². The van der Waals surface area contributed by atoms with E-state index in [9.17, 15) is 8.42 Å². The summed E-state index contributed by atoms with van der Waals surface area (Å²) in [6.45, 7) is 6.26. The molecule has 1 unspecified atom stereocenters. The minimum absolute atomic E-state index is 0.165. The van der Waals surface area contributed by atoms with Gasteiger partial charge in [0.15, 0.2) is 0 Å². The van der Waals surface area contributed by atoms with E-state index in [-0.39, 0.29) is 6.04 Å². The first-order chi connectivity index (χ1) is 9.36. The van der Waals surface area contributed by atoms with Crippen molar-refractivity contribution in [2.45, 2.75) is 30.5 Å². The van der Waals surface area contributed by atoms with Crippen molar-refractivity contribution in [2.75, 3.05) is 33.7 Å². The third-order valence-electron chi connectivity index (χ3n) is 3.15. The molecule has 1 heterocycles. The molecule has 7 heteroatoms. The van der Waals surface area contributed by atoms with E-state index in [2.05, 4.69) is 17.0 Å². The lowest BCUT2D eigenvalue weighted by Crippen LogP contribution is -2.37. The van der Waals surface area contributed by atoms with E-state index in [1.165, 1.54) is 11.3 Å². The Kier molecular flexibility index (Phi) is 7.11. The highest BCUT2D eigenvalue weighted by Crippen LogP contribution is 2.21. The predicted octanol–water partition coefficient (Wildman–Crippen LogP) is 1.13. The van der Waals surface area contributed by atoms with Crippen molar-refractivity contribution in [2.24, 2.45) is 0 Å². The quantitative estimate of drug-likeness (QED) is 0.670. The van der Waals surface area contributed by atoms with Crippen LogP contribution in [0.25, 0.3) is 0 Å².